The van der Waals surface area contributed by atoms with Gasteiger partial charge in [0.2, 0.25) is 10.0 Å². The van der Waals surface area contributed by atoms with Crippen molar-refractivity contribution in [1.29, 1.82) is 0 Å². The number of rotatable bonds is 4. The van der Waals surface area contributed by atoms with Gasteiger partial charge in [0.15, 0.2) is 0 Å². The van der Waals surface area contributed by atoms with Crippen LogP contribution in [0.15, 0.2) is 48.5 Å². The predicted octanol–water partition coefficient (Wildman–Crippen LogP) is 3.14. The Labute approximate surface area is 127 Å². The number of halogens is 1. The molecule has 0 radical (unpaired) electrons. The first-order valence-electron chi connectivity index (χ1n) is 5.89. The number of sulfonamides is 1. The topological polar surface area (TPSA) is 74.7 Å². The number of carbonyl (C=O) groups is 1. The van der Waals surface area contributed by atoms with Gasteiger partial charge in [-0.3, -0.25) is 0 Å². The maximum absolute atomic E-state index is 12.1. The number of benzene rings is 2. The van der Waals surface area contributed by atoms with Gasteiger partial charge < -0.3 is 5.11 Å². The van der Waals surface area contributed by atoms with Crippen LogP contribution in [0.2, 0.25) is 5.02 Å². The molecule has 5 nitrogen and oxygen atoms in total. The minimum Gasteiger partial charge on any atom is -0.478 e. The molecule has 2 rings (SSSR count). The Morgan fingerprint density at radius 3 is 2.29 bits per heavy atom. The Morgan fingerprint density at radius 2 is 1.76 bits per heavy atom. The summed E-state index contributed by atoms with van der Waals surface area (Å²) < 4.78 is 25.2. The van der Waals surface area contributed by atoms with Crippen molar-refractivity contribution in [3.8, 4) is 0 Å². The second-order valence-corrected chi connectivity index (χ2v) is 6.57. The lowest BCUT2D eigenvalue weighted by atomic mass is 10.2. The molecule has 0 amide bonds. The van der Waals surface area contributed by atoms with E-state index in [1.807, 2.05) is 0 Å². The molecule has 0 saturated carbocycles. The highest BCUT2D eigenvalue weighted by molar-refractivity contribution is 7.92. The maximum atomic E-state index is 12.1. The van der Waals surface area contributed by atoms with E-state index in [2.05, 4.69) is 0 Å². The number of nitrogens with zero attached hydrogens (tertiary/aromatic N) is 1. The van der Waals surface area contributed by atoms with Gasteiger partial charge in [-0.1, -0.05) is 29.8 Å². The van der Waals surface area contributed by atoms with E-state index in [4.69, 9.17) is 16.7 Å². The van der Waals surface area contributed by atoms with Crippen LogP contribution >= 0.6 is 11.6 Å². The summed E-state index contributed by atoms with van der Waals surface area (Å²) in [6, 6.07) is 12.2. The molecular weight excluding hydrogens is 314 g/mol. The van der Waals surface area contributed by atoms with E-state index in [1.54, 1.807) is 30.3 Å². The molecule has 0 heterocycles. The van der Waals surface area contributed by atoms with Gasteiger partial charge in [0, 0.05) is 0 Å². The fraction of sp³-hybridized carbons (Fsp3) is 0.0714. The zero-order valence-corrected chi connectivity index (χ0v) is 12.6. The summed E-state index contributed by atoms with van der Waals surface area (Å²) in [5, 5.41) is 9.19. The zero-order valence-electron chi connectivity index (χ0n) is 11.0. The van der Waals surface area contributed by atoms with Gasteiger partial charge in [0.25, 0.3) is 0 Å². The maximum Gasteiger partial charge on any atom is 0.335 e. The second kappa shape index (κ2) is 5.75. The van der Waals surface area contributed by atoms with Crippen molar-refractivity contribution in [2.45, 2.75) is 0 Å². The third-order valence-corrected chi connectivity index (χ3v) is 4.12. The lowest BCUT2D eigenvalue weighted by Crippen LogP contribution is -2.25. The van der Waals surface area contributed by atoms with Gasteiger partial charge in [-0.15, -0.1) is 0 Å². The van der Waals surface area contributed by atoms with E-state index in [-0.39, 0.29) is 16.3 Å². The van der Waals surface area contributed by atoms with E-state index in [9.17, 15) is 13.2 Å². The fourth-order valence-corrected chi connectivity index (χ4v) is 3.14. The zero-order chi connectivity index (χ0) is 15.6. The Kier molecular flexibility index (Phi) is 4.20. The van der Waals surface area contributed by atoms with Crippen LogP contribution < -0.4 is 4.31 Å². The molecule has 7 heteroatoms. The van der Waals surface area contributed by atoms with Crippen molar-refractivity contribution >= 4 is 39.0 Å². The first-order valence-corrected chi connectivity index (χ1v) is 8.11. The number of carboxylic acid groups (broad SMARTS) is 1. The molecule has 21 heavy (non-hydrogen) atoms. The number of aromatic carboxylic acids is 1. The normalized spacial score (nSPS) is 11.1. The third kappa shape index (κ3) is 3.34. The molecule has 110 valence electrons. The summed E-state index contributed by atoms with van der Waals surface area (Å²) in [5.41, 5.74) is 0.439. The molecule has 0 atom stereocenters. The smallest absolute Gasteiger partial charge is 0.335 e. The average molecular weight is 326 g/mol. The molecule has 0 spiro atoms. The molecule has 0 aromatic heterocycles. The molecule has 0 aliphatic heterocycles. The van der Waals surface area contributed by atoms with Gasteiger partial charge in [-0.05, 0) is 30.3 Å². The van der Waals surface area contributed by atoms with Crippen molar-refractivity contribution in [3.05, 3.63) is 59.1 Å². The van der Waals surface area contributed by atoms with Crippen molar-refractivity contribution in [2.24, 2.45) is 0 Å². The van der Waals surface area contributed by atoms with Crippen LogP contribution in [0.1, 0.15) is 10.4 Å². The van der Waals surface area contributed by atoms with Crippen LogP contribution in [0.25, 0.3) is 0 Å². The Balaban J connectivity index is 2.69. The van der Waals surface area contributed by atoms with Crippen LogP contribution in [0.5, 0.6) is 0 Å². The van der Waals surface area contributed by atoms with Crippen molar-refractivity contribution in [1.82, 2.24) is 0 Å². The van der Waals surface area contributed by atoms with E-state index in [0.29, 0.717) is 5.69 Å². The number of anilines is 2. The van der Waals surface area contributed by atoms with E-state index in [1.165, 1.54) is 18.2 Å². The molecule has 2 aromatic rings. The summed E-state index contributed by atoms with van der Waals surface area (Å²) in [6.07, 6.45) is 1.03. The average Bonchev–Trinajstić information content (AvgIpc) is 2.40. The van der Waals surface area contributed by atoms with Crippen LogP contribution in [0.4, 0.5) is 11.4 Å². The molecular formula is C14H12ClNO4S. The van der Waals surface area contributed by atoms with E-state index >= 15 is 0 Å². The van der Waals surface area contributed by atoms with Crippen molar-refractivity contribution < 1.29 is 18.3 Å². The number of carboxylic acids is 1. The summed E-state index contributed by atoms with van der Waals surface area (Å²) in [7, 11) is -3.68. The van der Waals surface area contributed by atoms with Crippen molar-refractivity contribution in [3.63, 3.8) is 0 Å². The summed E-state index contributed by atoms with van der Waals surface area (Å²) >= 11 is 6.05. The largest absolute Gasteiger partial charge is 0.478 e. The first kappa shape index (κ1) is 15.3. The van der Waals surface area contributed by atoms with Gasteiger partial charge in [0.1, 0.15) is 0 Å². The van der Waals surface area contributed by atoms with E-state index < -0.39 is 16.0 Å². The third-order valence-electron chi connectivity index (χ3n) is 2.73. The lowest BCUT2D eigenvalue weighted by molar-refractivity contribution is 0.0697. The molecule has 0 bridgehead atoms. The highest BCUT2D eigenvalue weighted by Gasteiger charge is 2.23. The fourth-order valence-electron chi connectivity index (χ4n) is 1.87. The van der Waals surface area contributed by atoms with Gasteiger partial charge >= 0.3 is 5.97 Å². The van der Waals surface area contributed by atoms with Crippen LogP contribution in [-0.2, 0) is 10.0 Å². The van der Waals surface area contributed by atoms with Crippen molar-refractivity contribution in [2.75, 3.05) is 10.6 Å². The Morgan fingerprint density at radius 1 is 1.14 bits per heavy atom. The SMILES string of the molecule is CS(=O)(=O)N(c1ccccc1)c1cc(C(=O)O)ccc1Cl. The highest BCUT2D eigenvalue weighted by atomic mass is 35.5. The van der Waals surface area contributed by atoms with Gasteiger partial charge in [-0.2, -0.15) is 0 Å². The highest BCUT2D eigenvalue weighted by Crippen LogP contribution is 2.34. The first-order chi connectivity index (χ1) is 9.80. The Bertz CT molecular complexity index is 775. The summed E-state index contributed by atoms with van der Waals surface area (Å²) in [4.78, 5) is 11.1. The van der Waals surface area contributed by atoms with Crippen LogP contribution in [-0.4, -0.2) is 25.7 Å². The molecule has 2 aromatic carbocycles. The van der Waals surface area contributed by atoms with Gasteiger partial charge in [0.05, 0.1) is 28.2 Å². The Hall–Kier alpha value is -2.05. The monoisotopic (exact) mass is 325 g/mol. The minimum atomic E-state index is -3.68. The molecule has 0 unspecified atom stereocenters. The standard InChI is InChI=1S/C14H12ClNO4S/c1-21(19,20)16(11-5-3-2-4-6-11)13-9-10(14(17)18)7-8-12(13)15/h2-9H,1H3,(H,17,18). The molecule has 0 fully saturated rings. The predicted molar refractivity (Wildman–Crippen MR) is 81.8 cm³/mol. The van der Waals surface area contributed by atoms with Crippen LogP contribution in [0.3, 0.4) is 0 Å². The van der Waals surface area contributed by atoms with Gasteiger partial charge in [-0.25, -0.2) is 17.5 Å². The molecule has 0 aliphatic carbocycles. The quantitative estimate of drug-likeness (QED) is 0.937. The summed E-state index contributed by atoms with van der Waals surface area (Å²) in [5.74, 6) is -1.16. The second-order valence-electron chi connectivity index (χ2n) is 4.33. The number of para-hydroxylation sites is 1. The molecule has 0 aliphatic rings. The number of hydrogen-bond acceptors (Lipinski definition) is 3. The number of hydrogen-bond donors (Lipinski definition) is 1. The van der Waals surface area contributed by atoms with E-state index in [0.717, 1.165) is 10.6 Å². The summed E-state index contributed by atoms with van der Waals surface area (Å²) in [6.45, 7) is 0. The molecule has 1 N–H and O–H groups in total. The van der Waals surface area contributed by atoms with Crippen LogP contribution in [0, 0.1) is 0 Å². The lowest BCUT2D eigenvalue weighted by Gasteiger charge is -2.23. The molecule has 0 saturated heterocycles. The minimum absolute atomic E-state index is 0.0426.